The second-order valence-corrected chi connectivity index (χ2v) is 1.99. The van der Waals surface area contributed by atoms with Crippen LogP contribution in [0.15, 0.2) is 0 Å². The van der Waals surface area contributed by atoms with E-state index >= 15 is 0 Å². The Hall–Kier alpha value is -0.480. The molecule has 0 N–H and O–H groups in total. The summed E-state index contributed by atoms with van der Waals surface area (Å²) in [7, 11) is 3.49. The minimum absolute atomic E-state index is 0. The minimum Gasteiger partial charge on any atom is -1.00 e. The molecule has 1 fully saturated rings. The Morgan fingerprint density at radius 1 is 1.60 bits per heavy atom. The average molecular weight is 169 g/mol. The molecule has 0 aromatic carbocycles. The van der Waals surface area contributed by atoms with E-state index in [4.69, 9.17) is 0 Å². The molecule has 0 aromatic heterocycles. The smallest absolute Gasteiger partial charge is 0.514 e. The molecule has 5 heteroatoms. The Labute approximate surface area is 65.2 Å². The molecule has 0 spiro atoms. The number of carbonyl (C=O) groups excluding carboxylic acids is 1. The summed E-state index contributed by atoms with van der Waals surface area (Å²) in [6.45, 7) is 0.302. The standard InChI is InChI=1S/C5H9O4.ClH/c1-9(2)4-3-7-5(6)8-4;/h4H,3H2,1-2H3;1H/q+1;/p-1. The van der Waals surface area contributed by atoms with Gasteiger partial charge in [0, 0.05) is 0 Å². The summed E-state index contributed by atoms with van der Waals surface area (Å²) in [5, 5.41) is 0. The van der Waals surface area contributed by atoms with Gasteiger partial charge in [0.05, 0.1) is 0 Å². The highest BCUT2D eigenvalue weighted by molar-refractivity contribution is 5.61. The number of carbonyl (C=O) groups is 1. The molecule has 0 radical (unpaired) electrons. The molecular formula is C5H9ClO4. The lowest BCUT2D eigenvalue weighted by molar-refractivity contribution is -0.203. The highest BCUT2D eigenvalue weighted by Crippen LogP contribution is 2.09. The Balaban J connectivity index is 0.000000810. The fourth-order valence-corrected chi connectivity index (χ4v) is 0.544. The summed E-state index contributed by atoms with van der Waals surface area (Å²) in [6, 6.07) is 0. The Morgan fingerprint density at radius 3 is 2.40 bits per heavy atom. The number of ether oxygens (including phenoxy) is 2. The first-order valence-corrected chi connectivity index (χ1v) is 2.60. The molecule has 10 heavy (non-hydrogen) atoms. The first-order chi connectivity index (χ1) is 4.20. The van der Waals surface area contributed by atoms with Crippen LogP contribution in [0.3, 0.4) is 0 Å². The molecule has 60 valence electrons. The summed E-state index contributed by atoms with van der Waals surface area (Å²) in [5.74, 6) is 0. The predicted octanol–water partition coefficient (Wildman–Crippen LogP) is -2.70. The van der Waals surface area contributed by atoms with E-state index in [1.54, 1.807) is 14.2 Å². The van der Waals surface area contributed by atoms with Crippen molar-refractivity contribution in [2.24, 2.45) is 0 Å². The topological polar surface area (TPSA) is 38.2 Å². The Morgan fingerprint density at radius 2 is 2.20 bits per heavy atom. The summed E-state index contributed by atoms with van der Waals surface area (Å²) < 4.78 is 11.6. The van der Waals surface area contributed by atoms with Gasteiger partial charge in [0.25, 0.3) is 0 Å². The van der Waals surface area contributed by atoms with Crippen molar-refractivity contribution in [3.8, 4) is 0 Å². The summed E-state index contributed by atoms with van der Waals surface area (Å²) in [4.78, 5) is 10.3. The first-order valence-electron chi connectivity index (χ1n) is 2.60. The third kappa shape index (κ3) is 2.04. The van der Waals surface area contributed by atoms with E-state index in [1.807, 2.05) is 0 Å². The molecule has 1 unspecified atom stereocenters. The zero-order chi connectivity index (χ0) is 6.85. The van der Waals surface area contributed by atoms with Gasteiger partial charge in [0.1, 0.15) is 14.2 Å². The molecule has 1 aliphatic rings. The normalized spacial score (nSPS) is 23.5. The molecule has 0 saturated carbocycles. The van der Waals surface area contributed by atoms with Gasteiger partial charge in [0.2, 0.25) is 6.61 Å². The Bertz CT molecular complexity index is 125. The molecule has 4 nitrogen and oxygen atoms in total. The van der Waals surface area contributed by atoms with Gasteiger partial charge in [-0.15, -0.1) is 0 Å². The molecule has 0 amide bonds. The second kappa shape index (κ2) is 3.63. The number of hydrogen-bond acceptors (Lipinski definition) is 3. The molecule has 1 atom stereocenters. The molecule has 1 aliphatic heterocycles. The number of cyclic esters (lactones) is 2. The van der Waals surface area contributed by atoms with Crippen LogP contribution in [0.4, 0.5) is 4.79 Å². The van der Waals surface area contributed by atoms with E-state index < -0.39 is 6.16 Å². The van der Waals surface area contributed by atoms with Crippen molar-refractivity contribution < 1.29 is 31.0 Å². The zero-order valence-corrected chi connectivity index (χ0v) is 6.55. The lowest BCUT2D eigenvalue weighted by atomic mass is 10.7. The monoisotopic (exact) mass is 168 g/mol. The van der Waals surface area contributed by atoms with Crippen molar-refractivity contribution in [3.63, 3.8) is 0 Å². The lowest BCUT2D eigenvalue weighted by Crippen LogP contribution is -3.00. The number of hydrogen-bond donors (Lipinski definition) is 0. The van der Waals surface area contributed by atoms with Crippen LogP contribution < -0.4 is 12.4 Å². The van der Waals surface area contributed by atoms with E-state index in [9.17, 15) is 4.79 Å². The highest BCUT2D eigenvalue weighted by Gasteiger charge is 2.31. The van der Waals surface area contributed by atoms with Crippen molar-refractivity contribution in [1.29, 1.82) is 0 Å². The van der Waals surface area contributed by atoms with E-state index in [-0.39, 0.29) is 18.7 Å². The highest BCUT2D eigenvalue weighted by atomic mass is 35.5. The zero-order valence-electron chi connectivity index (χ0n) is 5.80. The van der Waals surface area contributed by atoms with Crippen LogP contribution in [0.2, 0.25) is 0 Å². The van der Waals surface area contributed by atoms with Gasteiger partial charge in [-0.1, -0.05) is 0 Å². The Kier molecular flexibility index (Phi) is 3.46. The largest absolute Gasteiger partial charge is 1.00 e. The van der Waals surface area contributed by atoms with Crippen LogP contribution >= 0.6 is 0 Å². The number of halogens is 1. The van der Waals surface area contributed by atoms with Crippen molar-refractivity contribution >= 4 is 6.16 Å². The van der Waals surface area contributed by atoms with Gasteiger partial charge >= 0.3 is 12.4 Å². The first kappa shape index (κ1) is 9.52. The van der Waals surface area contributed by atoms with Crippen molar-refractivity contribution in [2.45, 2.75) is 6.29 Å². The quantitative estimate of drug-likeness (QED) is 0.316. The SMILES string of the molecule is C[O+](C)C1COC(=O)O1.[Cl-]. The van der Waals surface area contributed by atoms with Crippen LogP contribution in [0.25, 0.3) is 0 Å². The van der Waals surface area contributed by atoms with Crippen LogP contribution in [0.1, 0.15) is 0 Å². The maximum atomic E-state index is 10.3. The molecule has 1 rings (SSSR count). The fourth-order valence-electron chi connectivity index (χ4n) is 0.544. The van der Waals surface area contributed by atoms with Crippen molar-refractivity contribution in [2.75, 3.05) is 20.8 Å². The third-order valence-corrected chi connectivity index (χ3v) is 1.09. The number of rotatable bonds is 1. The molecular weight excluding hydrogens is 160 g/mol. The van der Waals surface area contributed by atoms with Crippen molar-refractivity contribution in [1.82, 2.24) is 0 Å². The van der Waals surface area contributed by atoms with Crippen LogP contribution in [0.5, 0.6) is 0 Å². The van der Waals surface area contributed by atoms with E-state index in [0.717, 1.165) is 0 Å². The average Bonchev–Trinajstić information content (AvgIpc) is 2.14. The van der Waals surface area contributed by atoms with Gasteiger partial charge in [-0.25, -0.2) is 4.79 Å². The molecule has 0 bridgehead atoms. The lowest BCUT2D eigenvalue weighted by Gasteiger charge is -2.10. The van der Waals surface area contributed by atoms with Gasteiger partial charge in [-0.05, 0) is 0 Å². The second-order valence-electron chi connectivity index (χ2n) is 1.99. The summed E-state index contributed by atoms with van der Waals surface area (Å²) in [5.41, 5.74) is 0. The van der Waals surface area contributed by atoms with Crippen molar-refractivity contribution in [3.05, 3.63) is 0 Å². The molecule has 1 saturated heterocycles. The summed E-state index contributed by atoms with van der Waals surface area (Å²) >= 11 is 0. The summed E-state index contributed by atoms with van der Waals surface area (Å²) in [6.07, 6.45) is -0.876. The van der Waals surface area contributed by atoms with Crippen LogP contribution in [0, 0.1) is 0 Å². The van der Waals surface area contributed by atoms with Gasteiger partial charge in [-0.2, -0.15) is 0 Å². The van der Waals surface area contributed by atoms with E-state index in [1.165, 1.54) is 0 Å². The maximum Gasteiger partial charge on any atom is 0.514 e. The van der Waals surface area contributed by atoms with Crippen LogP contribution in [-0.4, -0.2) is 33.3 Å². The van der Waals surface area contributed by atoms with E-state index in [0.29, 0.717) is 6.61 Å². The fraction of sp³-hybridized carbons (Fsp3) is 0.800. The van der Waals surface area contributed by atoms with Gasteiger partial charge in [-0.3, -0.25) is 0 Å². The molecule has 0 aliphatic carbocycles. The van der Waals surface area contributed by atoms with Gasteiger partial charge < -0.3 is 26.2 Å². The molecule has 0 aromatic rings. The van der Waals surface area contributed by atoms with Crippen LogP contribution in [-0.2, 0) is 13.8 Å². The minimum atomic E-state index is -0.596. The molecule has 1 heterocycles. The van der Waals surface area contributed by atoms with Gasteiger partial charge in [0.15, 0.2) is 0 Å². The maximum absolute atomic E-state index is 10.3. The predicted molar refractivity (Wildman–Crippen MR) is 29.2 cm³/mol. The third-order valence-electron chi connectivity index (χ3n) is 1.09. The van der Waals surface area contributed by atoms with E-state index in [2.05, 4.69) is 13.8 Å².